The van der Waals surface area contributed by atoms with E-state index < -0.39 is 0 Å². The summed E-state index contributed by atoms with van der Waals surface area (Å²) >= 11 is 5.88. The summed E-state index contributed by atoms with van der Waals surface area (Å²) in [4.78, 5) is 16.2. The molecule has 4 nitrogen and oxygen atoms in total. The van der Waals surface area contributed by atoms with Gasteiger partial charge in [-0.2, -0.15) is 0 Å². The summed E-state index contributed by atoms with van der Waals surface area (Å²) in [6.45, 7) is 3.05. The number of anilines is 2. The smallest absolute Gasteiger partial charge is 0.274 e. The van der Waals surface area contributed by atoms with E-state index in [1.807, 2.05) is 6.07 Å². The Hall–Kier alpha value is -2.07. The number of pyridine rings is 1. The first-order valence-electron chi connectivity index (χ1n) is 6.96. The molecule has 0 radical (unpaired) electrons. The molecule has 2 N–H and O–H groups in total. The Kier molecular flexibility index (Phi) is 5.58. The van der Waals surface area contributed by atoms with Crippen molar-refractivity contribution in [3.63, 3.8) is 0 Å². The lowest BCUT2D eigenvalue weighted by Gasteiger charge is -2.07. The second-order valence-electron chi connectivity index (χ2n) is 4.68. The third-order valence-electron chi connectivity index (χ3n) is 2.94. The number of amides is 1. The molecule has 2 rings (SSSR count). The van der Waals surface area contributed by atoms with Crippen LogP contribution < -0.4 is 10.6 Å². The van der Waals surface area contributed by atoms with Crippen molar-refractivity contribution in [2.24, 2.45) is 0 Å². The fourth-order valence-electron chi connectivity index (χ4n) is 1.80. The maximum atomic E-state index is 12.1. The molecule has 0 fully saturated rings. The van der Waals surface area contributed by atoms with Crippen molar-refractivity contribution < 1.29 is 4.79 Å². The largest absolute Gasteiger partial charge is 0.384 e. The average Bonchev–Trinajstić information content (AvgIpc) is 2.48. The average molecular weight is 304 g/mol. The molecule has 0 aliphatic rings. The molecule has 21 heavy (non-hydrogen) atoms. The zero-order chi connectivity index (χ0) is 15.1. The number of rotatable bonds is 6. The van der Waals surface area contributed by atoms with Crippen LogP contribution in [-0.2, 0) is 0 Å². The molecule has 2 aromatic rings. The molecule has 0 saturated carbocycles. The number of hydrogen-bond donors (Lipinski definition) is 2. The second-order valence-corrected chi connectivity index (χ2v) is 5.11. The summed E-state index contributed by atoms with van der Waals surface area (Å²) < 4.78 is 0. The molecular formula is C16H18ClN3O. The van der Waals surface area contributed by atoms with Gasteiger partial charge in [-0.1, -0.05) is 31.0 Å². The SMILES string of the molecule is CCCCNc1ccc(C(=O)Nc2cccc(Cl)c2)nc1. The van der Waals surface area contributed by atoms with Gasteiger partial charge in [0.25, 0.3) is 5.91 Å². The van der Waals surface area contributed by atoms with Crippen molar-refractivity contribution in [3.05, 3.63) is 53.3 Å². The third-order valence-corrected chi connectivity index (χ3v) is 3.17. The predicted molar refractivity (Wildman–Crippen MR) is 87.0 cm³/mol. The number of nitrogens with zero attached hydrogens (tertiary/aromatic N) is 1. The Balaban J connectivity index is 1.96. The molecular weight excluding hydrogens is 286 g/mol. The van der Waals surface area contributed by atoms with E-state index in [-0.39, 0.29) is 5.91 Å². The van der Waals surface area contributed by atoms with Crippen molar-refractivity contribution in [2.75, 3.05) is 17.2 Å². The van der Waals surface area contributed by atoms with Crippen LogP contribution in [0, 0.1) is 0 Å². The van der Waals surface area contributed by atoms with E-state index in [2.05, 4.69) is 22.5 Å². The lowest BCUT2D eigenvalue weighted by molar-refractivity contribution is 0.102. The fourth-order valence-corrected chi connectivity index (χ4v) is 1.99. The fraction of sp³-hybridized carbons (Fsp3) is 0.250. The lowest BCUT2D eigenvalue weighted by atomic mass is 10.2. The van der Waals surface area contributed by atoms with Crippen molar-refractivity contribution in [1.29, 1.82) is 0 Å². The first-order chi connectivity index (χ1) is 10.2. The van der Waals surface area contributed by atoms with Crippen LogP contribution in [0.1, 0.15) is 30.3 Å². The van der Waals surface area contributed by atoms with Gasteiger partial charge in [-0.05, 0) is 36.8 Å². The molecule has 5 heteroatoms. The molecule has 0 bridgehead atoms. The number of aromatic nitrogens is 1. The Bertz CT molecular complexity index is 599. The number of nitrogens with one attached hydrogen (secondary N) is 2. The minimum absolute atomic E-state index is 0.252. The monoisotopic (exact) mass is 303 g/mol. The molecule has 1 aromatic heterocycles. The van der Waals surface area contributed by atoms with Gasteiger partial charge >= 0.3 is 0 Å². The van der Waals surface area contributed by atoms with E-state index in [9.17, 15) is 4.79 Å². The van der Waals surface area contributed by atoms with Crippen molar-refractivity contribution in [2.45, 2.75) is 19.8 Å². The molecule has 110 valence electrons. The van der Waals surface area contributed by atoms with E-state index in [0.717, 1.165) is 25.1 Å². The highest BCUT2D eigenvalue weighted by atomic mass is 35.5. The van der Waals surface area contributed by atoms with Gasteiger partial charge in [0.1, 0.15) is 5.69 Å². The molecule has 0 saturated heterocycles. The standard InChI is InChI=1S/C16H18ClN3O/c1-2-3-9-18-14-7-8-15(19-11-14)16(21)20-13-6-4-5-12(17)10-13/h4-8,10-11,18H,2-3,9H2,1H3,(H,20,21). The zero-order valence-corrected chi connectivity index (χ0v) is 12.7. The number of unbranched alkanes of at least 4 members (excludes halogenated alkanes) is 1. The van der Waals surface area contributed by atoms with E-state index in [0.29, 0.717) is 16.4 Å². The summed E-state index contributed by atoms with van der Waals surface area (Å²) in [5.41, 5.74) is 1.94. The second kappa shape index (κ2) is 7.64. The van der Waals surface area contributed by atoms with Gasteiger partial charge in [0.2, 0.25) is 0 Å². The van der Waals surface area contributed by atoms with Crippen LogP contribution in [0.4, 0.5) is 11.4 Å². The number of carbonyl (C=O) groups excluding carboxylic acids is 1. The van der Waals surface area contributed by atoms with Gasteiger partial charge in [-0.25, -0.2) is 4.98 Å². The van der Waals surface area contributed by atoms with Crippen molar-refractivity contribution in [1.82, 2.24) is 4.98 Å². The molecule has 0 unspecified atom stereocenters. The maximum absolute atomic E-state index is 12.1. The van der Waals surface area contributed by atoms with Gasteiger partial charge in [0.15, 0.2) is 0 Å². The minimum atomic E-state index is -0.252. The third kappa shape index (κ3) is 4.76. The normalized spacial score (nSPS) is 10.2. The van der Waals surface area contributed by atoms with E-state index in [1.54, 1.807) is 36.5 Å². The lowest BCUT2D eigenvalue weighted by Crippen LogP contribution is -2.13. The number of hydrogen-bond acceptors (Lipinski definition) is 3. The van der Waals surface area contributed by atoms with Crippen molar-refractivity contribution >= 4 is 28.9 Å². The summed E-state index contributed by atoms with van der Waals surface area (Å²) in [5, 5.41) is 6.60. The molecule has 1 amide bonds. The number of benzene rings is 1. The van der Waals surface area contributed by atoms with Gasteiger partial charge in [0.05, 0.1) is 11.9 Å². The molecule has 0 aliphatic carbocycles. The first kappa shape index (κ1) is 15.3. The molecule has 0 aliphatic heterocycles. The van der Waals surface area contributed by atoms with Crippen LogP contribution >= 0.6 is 11.6 Å². The van der Waals surface area contributed by atoms with Gasteiger partial charge < -0.3 is 10.6 Å². The highest BCUT2D eigenvalue weighted by molar-refractivity contribution is 6.30. The quantitative estimate of drug-likeness (QED) is 0.786. The van der Waals surface area contributed by atoms with Crippen molar-refractivity contribution in [3.8, 4) is 0 Å². The van der Waals surface area contributed by atoms with Crippen LogP contribution in [0.15, 0.2) is 42.6 Å². The van der Waals surface area contributed by atoms with Gasteiger partial charge in [-0.15, -0.1) is 0 Å². The van der Waals surface area contributed by atoms with Crippen LogP contribution in [0.25, 0.3) is 0 Å². The first-order valence-corrected chi connectivity index (χ1v) is 7.33. The molecule has 0 atom stereocenters. The maximum Gasteiger partial charge on any atom is 0.274 e. The minimum Gasteiger partial charge on any atom is -0.384 e. The van der Waals surface area contributed by atoms with Crippen LogP contribution in [0.2, 0.25) is 5.02 Å². The topological polar surface area (TPSA) is 54.0 Å². The van der Waals surface area contributed by atoms with E-state index >= 15 is 0 Å². The highest BCUT2D eigenvalue weighted by Gasteiger charge is 2.07. The molecule has 0 spiro atoms. The summed E-state index contributed by atoms with van der Waals surface area (Å²) in [6.07, 6.45) is 3.92. The summed E-state index contributed by atoms with van der Waals surface area (Å²) in [5.74, 6) is -0.252. The Labute approximate surface area is 129 Å². The Morgan fingerprint density at radius 2 is 2.10 bits per heavy atom. The summed E-state index contributed by atoms with van der Waals surface area (Å²) in [7, 11) is 0. The Morgan fingerprint density at radius 3 is 2.76 bits per heavy atom. The van der Waals surface area contributed by atoms with Crippen LogP contribution in [0.3, 0.4) is 0 Å². The van der Waals surface area contributed by atoms with E-state index in [1.165, 1.54) is 0 Å². The highest BCUT2D eigenvalue weighted by Crippen LogP contribution is 2.16. The van der Waals surface area contributed by atoms with Gasteiger partial charge in [0, 0.05) is 17.3 Å². The van der Waals surface area contributed by atoms with Crippen LogP contribution in [0.5, 0.6) is 0 Å². The number of halogens is 1. The summed E-state index contributed by atoms with van der Waals surface area (Å²) in [6, 6.07) is 10.6. The van der Waals surface area contributed by atoms with E-state index in [4.69, 9.17) is 11.6 Å². The van der Waals surface area contributed by atoms with Crippen LogP contribution in [-0.4, -0.2) is 17.4 Å². The van der Waals surface area contributed by atoms with Gasteiger partial charge in [-0.3, -0.25) is 4.79 Å². The molecule has 1 aromatic carbocycles. The molecule has 1 heterocycles. The number of carbonyl (C=O) groups is 1. The Morgan fingerprint density at radius 1 is 1.24 bits per heavy atom. The zero-order valence-electron chi connectivity index (χ0n) is 11.9. The predicted octanol–water partition coefficient (Wildman–Crippen LogP) is 4.20.